The molecular weight excluding hydrogens is 240 g/mol. The summed E-state index contributed by atoms with van der Waals surface area (Å²) < 4.78 is 6.76. The van der Waals surface area contributed by atoms with Crippen LogP contribution in [-0.4, -0.2) is 6.61 Å². The first kappa shape index (κ1) is 10.0. The maximum Gasteiger partial charge on any atom is 0.133 e. The first-order valence-electron chi connectivity index (χ1n) is 5.14. The summed E-state index contributed by atoms with van der Waals surface area (Å²) in [6.07, 6.45) is 4.01. The van der Waals surface area contributed by atoms with E-state index in [1.807, 2.05) is 6.07 Å². The Hall–Kier alpha value is -0.500. The van der Waals surface area contributed by atoms with Gasteiger partial charge in [0, 0.05) is 0 Å². The highest BCUT2D eigenvalue weighted by molar-refractivity contribution is 9.10. The summed E-state index contributed by atoms with van der Waals surface area (Å²) in [5, 5.41) is 0. The molecule has 0 aliphatic heterocycles. The van der Waals surface area contributed by atoms with E-state index >= 15 is 0 Å². The second-order valence-electron chi connectivity index (χ2n) is 4.01. The minimum absolute atomic E-state index is 0.853. The van der Waals surface area contributed by atoms with Gasteiger partial charge in [0.05, 0.1) is 11.1 Å². The smallest absolute Gasteiger partial charge is 0.133 e. The lowest BCUT2D eigenvalue weighted by atomic mass is 10.2. The van der Waals surface area contributed by atoms with Crippen molar-refractivity contribution in [3.63, 3.8) is 0 Å². The second kappa shape index (κ2) is 4.35. The van der Waals surface area contributed by atoms with Crippen LogP contribution in [0.15, 0.2) is 22.7 Å². The van der Waals surface area contributed by atoms with Crippen LogP contribution in [0, 0.1) is 12.8 Å². The topological polar surface area (TPSA) is 9.23 Å². The number of ether oxygens (including phenoxy) is 1. The SMILES string of the molecule is Cc1ccc(OCCC2CC2)c(Br)c1. The van der Waals surface area contributed by atoms with Gasteiger partial charge in [0.25, 0.3) is 0 Å². The van der Waals surface area contributed by atoms with Crippen LogP contribution in [0.4, 0.5) is 0 Å². The van der Waals surface area contributed by atoms with E-state index in [1.54, 1.807) is 0 Å². The van der Waals surface area contributed by atoms with Crippen LogP contribution in [-0.2, 0) is 0 Å². The van der Waals surface area contributed by atoms with Crippen molar-refractivity contribution in [2.24, 2.45) is 5.92 Å². The average molecular weight is 255 g/mol. The van der Waals surface area contributed by atoms with Crippen molar-refractivity contribution < 1.29 is 4.74 Å². The van der Waals surface area contributed by atoms with Crippen LogP contribution in [0.2, 0.25) is 0 Å². The molecule has 1 aromatic carbocycles. The Morgan fingerprint density at radius 2 is 2.21 bits per heavy atom. The lowest BCUT2D eigenvalue weighted by molar-refractivity contribution is 0.300. The quantitative estimate of drug-likeness (QED) is 0.791. The van der Waals surface area contributed by atoms with Gasteiger partial charge in [-0.15, -0.1) is 0 Å². The van der Waals surface area contributed by atoms with Crippen LogP contribution in [0.25, 0.3) is 0 Å². The zero-order chi connectivity index (χ0) is 9.97. The fourth-order valence-corrected chi connectivity index (χ4v) is 2.07. The van der Waals surface area contributed by atoms with Gasteiger partial charge in [-0.1, -0.05) is 18.9 Å². The molecule has 0 saturated heterocycles. The third-order valence-electron chi connectivity index (χ3n) is 2.57. The number of aryl methyl sites for hydroxylation is 1. The maximum atomic E-state index is 5.70. The molecule has 0 heterocycles. The van der Waals surface area contributed by atoms with Gasteiger partial charge in [-0.2, -0.15) is 0 Å². The Kier molecular flexibility index (Phi) is 3.12. The molecule has 1 nitrogen and oxygen atoms in total. The fourth-order valence-electron chi connectivity index (χ4n) is 1.47. The van der Waals surface area contributed by atoms with Gasteiger partial charge in [0.1, 0.15) is 5.75 Å². The molecule has 14 heavy (non-hydrogen) atoms. The lowest BCUT2D eigenvalue weighted by Gasteiger charge is -2.07. The molecule has 0 radical (unpaired) electrons. The van der Waals surface area contributed by atoms with Crippen molar-refractivity contribution in [3.05, 3.63) is 28.2 Å². The van der Waals surface area contributed by atoms with Crippen molar-refractivity contribution in [1.82, 2.24) is 0 Å². The van der Waals surface area contributed by atoms with E-state index in [2.05, 4.69) is 35.0 Å². The van der Waals surface area contributed by atoms with Crippen LogP contribution in [0.3, 0.4) is 0 Å². The molecule has 2 heteroatoms. The highest BCUT2D eigenvalue weighted by Gasteiger charge is 2.20. The Bertz CT molecular complexity index is 318. The van der Waals surface area contributed by atoms with Gasteiger partial charge >= 0.3 is 0 Å². The summed E-state index contributed by atoms with van der Waals surface area (Å²) in [6, 6.07) is 6.20. The lowest BCUT2D eigenvalue weighted by Crippen LogP contribution is -1.98. The number of benzene rings is 1. The molecule has 1 fully saturated rings. The maximum absolute atomic E-state index is 5.70. The highest BCUT2D eigenvalue weighted by atomic mass is 79.9. The van der Waals surface area contributed by atoms with Gasteiger partial charge in [0.2, 0.25) is 0 Å². The summed E-state index contributed by atoms with van der Waals surface area (Å²) >= 11 is 3.50. The Labute approximate surface area is 93.6 Å². The molecule has 2 rings (SSSR count). The molecule has 0 bridgehead atoms. The van der Waals surface area contributed by atoms with Gasteiger partial charge in [0.15, 0.2) is 0 Å². The van der Waals surface area contributed by atoms with Gasteiger partial charge in [-0.25, -0.2) is 0 Å². The second-order valence-corrected chi connectivity index (χ2v) is 4.87. The molecule has 1 aliphatic carbocycles. The van der Waals surface area contributed by atoms with E-state index < -0.39 is 0 Å². The van der Waals surface area contributed by atoms with Crippen LogP contribution in [0.1, 0.15) is 24.8 Å². The zero-order valence-electron chi connectivity index (χ0n) is 8.42. The molecular formula is C12H15BrO. The van der Waals surface area contributed by atoms with Crippen LogP contribution >= 0.6 is 15.9 Å². The first-order valence-corrected chi connectivity index (χ1v) is 5.94. The number of hydrogen-bond donors (Lipinski definition) is 0. The van der Waals surface area contributed by atoms with E-state index in [4.69, 9.17) is 4.74 Å². The molecule has 0 atom stereocenters. The molecule has 1 aliphatic rings. The summed E-state index contributed by atoms with van der Waals surface area (Å²) in [5.74, 6) is 1.91. The van der Waals surface area contributed by atoms with E-state index in [1.165, 1.54) is 24.8 Å². The van der Waals surface area contributed by atoms with Gasteiger partial charge in [-0.05, 0) is 52.9 Å². The minimum atomic E-state index is 0.853. The Morgan fingerprint density at radius 3 is 2.86 bits per heavy atom. The molecule has 0 unspecified atom stereocenters. The number of hydrogen-bond acceptors (Lipinski definition) is 1. The van der Waals surface area contributed by atoms with Gasteiger partial charge < -0.3 is 4.74 Å². The zero-order valence-corrected chi connectivity index (χ0v) is 10.0. The molecule has 76 valence electrons. The van der Waals surface area contributed by atoms with Crippen LogP contribution < -0.4 is 4.74 Å². The molecule has 0 aromatic heterocycles. The van der Waals surface area contributed by atoms with Crippen molar-refractivity contribution >= 4 is 15.9 Å². The third kappa shape index (κ3) is 2.74. The largest absolute Gasteiger partial charge is 0.492 e. The molecule has 1 aromatic rings. The Morgan fingerprint density at radius 1 is 1.43 bits per heavy atom. The van der Waals surface area contributed by atoms with Crippen molar-refractivity contribution in [2.45, 2.75) is 26.2 Å². The van der Waals surface area contributed by atoms with E-state index in [9.17, 15) is 0 Å². The van der Waals surface area contributed by atoms with E-state index in [0.717, 1.165) is 22.7 Å². The molecule has 0 spiro atoms. The number of halogens is 1. The molecule has 1 saturated carbocycles. The Balaban J connectivity index is 1.87. The van der Waals surface area contributed by atoms with Crippen molar-refractivity contribution in [3.8, 4) is 5.75 Å². The predicted molar refractivity (Wildman–Crippen MR) is 61.7 cm³/mol. The van der Waals surface area contributed by atoms with Crippen LogP contribution in [0.5, 0.6) is 5.75 Å². The molecule has 0 N–H and O–H groups in total. The highest BCUT2D eigenvalue weighted by Crippen LogP contribution is 2.33. The third-order valence-corrected chi connectivity index (χ3v) is 3.19. The van der Waals surface area contributed by atoms with Crippen molar-refractivity contribution in [2.75, 3.05) is 6.61 Å². The van der Waals surface area contributed by atoms with E-state index in [-0.39, 0.29) is 0 Å². The molecule has 0 amide bonds. The van der Waals surface area contributed by atoms with Crippen molar-refractivity contribution in [1.29, 1.82) is 0 Å². The predicted octanol–water partition coefficient (Wildman–Crippen LogP) is 3.94. The number of rotatable bonds is 4. The summed E-state index contributed by atoms with van der Waals surface area (Å²) in [5.41, 5.74) is 1.26. The average Bonchev–Trinajstić information content (AvgIpc) is 2.92. The standard InChI is InChI=1S/C12H15BrO/c1-9-2-5-12(11(13)8-9)14-7-6-10-3-4-10/h2,5,8,10H,3-4,6-7H2,1H3. The van der Waals surface area contributed by atoms with E-state index in [0.29, 0.717) is 0 Å². The summed E-state index contributed by atoms with van der Waals surface area (Å²) in [7, 11) is 0. The summed E-state index contributed by atoms with van der Waals surface area (Å²) in [6.45, 7) is 2.94. The monoisotopic (exact) mass is 254 g/mol. The normalized spacial score (nSPS) is 15.6. The fraction of sp³-hybridized carbons (Fsp3) is 0.500. The van der Waals surface area contributed by atoms with Gasteiger partial charge in [-0.3, -0.25) is 0 Å². The summed E-state index contributed by atoms with van der Waals surface area (Å²) in [4.78, 5) is 0. The minimum Gasteiger partial charge on any atom is -0.492 e. The first-order chi connectivity index (χ1) is 6.75.